The van der Waals surface area contributed by atoms with E-state index in [0.717, 1.165) is 17.2 Å². The average molecular weight is 342 g/mol. The molecular weight excluding hydrogens is 316 g/mol. The molecule has 1 heteroatoms. The molecule has 3 aromatic carbocycles. The van der Waals surface area contributed by atoms with Crippen LogP contribution in [0.1, 0.15) is 49.7 Å². The number of fused-ring (bicyclic) bond motifs is 1. The van der Waals surface area contributed by atoms with E-state index in [1.54, 1.807) is 0 Å². The SMILES string of the molecule is Cc1ccc2c(-c3ccccc3/C3=C/CCCCCC3)ccc(O)c2c1. The molecule has 0 aromatic heterocycles. The van der Waals surface area contributed by atoms with Crippen LogP contribution >= 0.6 is 0 Å². The summed E-state index contributed by atoms with van der Waals surface area (Å²) in [6.07, 6.45) is 10.0. The van der Waals surface area contributed by atoms with E-state index < -0.39 is 0 Å². The van der Waals surface area contributed by atoms with Gasteiger partial charge >= 0.3 is 0 Å². The van der Waals surface area contributed by atoms with E-state index >= 15 is 0 Å². The van der Waals surface area contributed by atoms with Gasteiger partial charge in [0.15, 0.2) is 0 Å². The molecule has 1 aliphatic rings. The first kappa shape index (κ1) is 16.9. The molecule has 4 rings (SSSR count). The highest BCUT2D eigenvalue weighted by Crippen LogP contribution is 2.39. The van der Waals surface area contributed by atoms with Gasteiger partial charge in [-0.15, -0.1) is 0 Å². The fourth-order valence-corrected chi connectivity index (χ4v) is 4.12. The van der Waals surface area contributed by atoms with Crippen LogP contribution < -0.4 is 0 Å². The van der Waals surface area contributed by atoms with Crippen LogP contribution in [0.15, 0.2) is 60.7 Å². The summed E-state index contributed by atoms with van der Waals surface area (Å²) in [5, 5.41) is 12.4. The molecular formula is C25H26O. The summed E-state index contributed by atoms with van der Waals surface area (Å²) in [7, 11) is 0. The van der Waals surface area contributed by atoms with Crippen molar-refractivity contribution in [3.05, 3.63) is 71.8 Å². The maximum Gasteiger partial charge on any atom is 0.123 e. The normalized spacial score (nSPS) is 17.3. The number of aryl methyl sites for hydroxylation is 1. The molecule has 0 saturated heterocycles. The molecule has 1 nitrogen and oxygen atoms in total. The van der Waals surface area contributed by atoms with E-state index in [9.17, 15) is 5.11 Å². The zero-order valence-corrected chi connectivity index (χ0v) is 15.5. The largest absolute Gasteiger partial charge is 0.507 e. The van der Waals surface area contributed by atoms with Gasteiger partial charge in [0.1, 0.15) is 5.75 Å². The first-order chi connectivity index (χ1) is 12.7. The smallest absolute Gasteiger partial charge is 0.123 e. The van der Waals surface area contributed by atoms with Gasteiger partial charge in [-0.25, -0.2) is 0 Å². The van der Waals surface area contributed by atoms with Gasteiger partial charge in [0.2, 0.25) is 0 Å². The highest BCUT2D eigenvalue weighted by atomic mass is 16.3. The van der Waals surface area contributed by atoms with Crippen molar-refractivity contribution >= 4 is 16.3 Å². The van der Waals surface area contributed by atoms with Gasteiger partial charge in [0, 0.05) is 5.39 Å². The predicted molar refractivity (Wildman–Crippen MR) is 111 cm³/mol. The number of hydrogen-bond acceptors (Lipinski definition) is 1. The highest BCUT2D eigenvalue weighted by molar-refractivity contribution is 6.02. The fraction of sp³-hybridized carbons (Fsp3) is 0.280. The second-order valence-corrected chi connectivity index (χ2v) is 7.41. The van der Waals surface area contributed by atoms with E-state index in [1.807, 2.05) is 6.07 Å². The molecule has 1 N–H and O–H groups in total. The lowest BCUT2D eigenvalue weighted by Crippen LogP contribution is -1.94. The van der Waals surface area contributed by atoms with Gasteiger partial charge in [-0.05, 0) is 72.4 Å². The van der Waals surface area contributed by atoms with Crippen LogP contribution in [0.2, 0.25) is 0 Å². The first-order valence-corrected chi connectivity index (χ1v) is 9.75. The summed E-state index contributed by atoms with van der Waals surface area (Å²) in [6, 6.07) is 19.0. The van der Waals surface area contributed by atoms with Crippen LogP contribution in [-0.4, -0.2) is 5.11 Å². The molecule has 0 radical (unpaired) electrons. The van der Waals surface area contributed by atoms with Gasteiger partial charge in [-0.1, -0.05) is 66.9 Å². The van der Waals surface area contributed by atoms with Crippen LogP contribution in [0.5, 0.6) is 5.75 Å². The van der Waals surface area contributed by atoms with E-state index in [4.69, 9.17) is 0 Å². The Hall–Kier alpha value is -2.54. The van der Waals surface area contributed by atoms with Gasteiger partial charge in [0.05, 0.1) is 0 Å². The van der Waals surface area contributed by atoms with Gasteiger partial charge < -0.3 is 5.11 Å². The van der Waals surface area contributed by atoms with Crippen molar-refractivity contribution < 1.29 is 5.11 Å². The average Bonchev–Trinajstić information content (AvgIpc) is 2.63. The minimum absolute atomic E-state index is 0.357. The van der Waals surface area contributed by atoms with Crippen LogP contribution in [0, 0.1) is 6.92 Å². The Morgan fingerprint density at radius 3 is 2.42 bits per heavy atom. The summed E-state index contributed by atoms with van der Waals surface area (Å²) < 4.78 is 0. The van der Waals surface area contributed by atoms with Crippen molar-refractivity contribution in [1.82, 2.24) is 0 Å². The van der Waals surface area contributed by atoms with Crippen molar-refractivity contribution in [1.29, 1.82) is 0 Å². The van der Waals surface area contributed by atoms with E-state index in [2.05, 4.69) is 61.5 Å². The molecule has 0 unspecified atom stereocenters. The molecule has 0 heterocycles. The molecule has 0 aliphatic heterocycles. The summed E-state index contributed by atoms with van der Waals surface area (Å²) >= 11 is 0. The Bertz CT molecular complexity index is 965. The molecule has 0 bridgehead atoms. The summed E-state index contributed by atoms with van der Waals surface area (Å²) in [6.45, 7) is 2.07. The van der Waals surface area contributed by atoms with Crippen molar-refractivity contribution in [3.8, 4) is 16.9 Å². The number of benzene rings is 3. The molecule has 0 atom stereocenters. The third-order valence-corrected chi connectivity index (χ3v) is 5.50. The third kappa shape index (κ3) is 3.26. The fourth-order valence-electron chi connectivity index (χ4n) is 4.12. The van der Waals surface area contributed by atoms with Gasteiger partial charge in [-0.2, -0.15) is 0 Å². The predicted octanol–water partition coefficient (Wildman–Crippen LogP) is 7.26. The molecule has 0 fully saturated rings. The monoisotopic (exact) mass is 342 g/mol. The van der Waals surface area contributed by atoms with Crippen LogP contribution in [0.4, 0.5) is 0 Å². The lowest BCUT2D eigenvalue weighted by atomic mass is 9.87. The van der Waals surface area contributed by atoms with Crippen molar-refractivity contribution in [2.45, 2.75) is 45.4 Å². The van der Waals surface area contributed by atoms with Crippen LogP contribution in [-0.2, 0) is 0 Å². The van der Waals surface area contributed by atoms with Crippen LogP contribution in [0.25, 0.3) is 27.5 Å². The maximum absolute atomic E-state index is 10.3. The second-order valence-electron chi connectivity index (χ2n) is 7.41. The summed E-state index contributed by atoms with van der Waals surface area (Å²) in [5.41, 5.74) is 6.47. The number of hydrogen-bond donors (Lipinski definition) is 1. The summed E-state index contributed by atoms with van der Waals surface area (Å²) in [5.74, 6) is 0.357. The lowest BCUT2D eigenvalue weighted by Gasteiger charge is -2.17. The van der Waals surface area contributed by atoms with Crippen molar-refractivity contribution in [2.24, 2.45) is 0 Å². The third-order valence-electron chi connectivity index (χ3n) is 5.50. The lowest BCUT2D eigenvalue weighted by molar-refractivity contribution is 0.481. The Kier molecular flexibility index (Phi) is 4.79. The second kappa shape index (κ2) is 7.37. The number of aromatic hydroxyl groups is 1. The standard InChI is InChI=1S/C25H26O/c1-18-13-14-23-22(15-16-25(26)24(23)17-18)21-12-8-7-11-20(21)19-9-5-3-2-4-6-10-19/h7-9,11-17,26H,2-6,10H2,1H3/b19-9+. The minimum Gasteiger partial charge on any atom is -0.507 e. The molecule has 0 amide bonds. The van der Waals surface area contributed by atoms with Gasteiger partial charge in [-0.3, -0.25) is 0 Å². The molecule has 132 valence electrons. The number of phenolic OH excluding ortho intramolecular Hbond substituents is 1. The zero-order chi connectivity index (χ0) is 17.9. The number of rotatable bonds is 2. The van der Waals surface area contributed by atoms with Gasteiger partial charge in [0.25, 0.3) is 0 Å². The molecule has 26 heavy (non-hydrogen) atoms. The number of allylic oxidation sites excluding steroid dienone is 2. The van der Waals surface area contributed by atoms with Crippen LogP contribution in [0.3, 0.4) is 0 Å². The summed E-state index contributed by atoms with van der Waals surface area (Å²) in [4.78, 5) is 0. The molecule has 1 aliphatic carbocycles. The van der Waals surface area contributed by atoms with E-state index in [1.165, 1.54) is 59.9 Å². The molecule has 3 aromatic rings. The van der Waals surface area contributed by atoms with Crippen molar-refractivity contribution in [2.75, 3.05) is 0 Å². The minimum atomic E-state index is 0.357. The van der Waals surface area contributed by atoms with Crippen molar-refractivity contribution in [3.63, 3.8) is 0 Å². The van der Waals surface area contributed by atoms with E-state index in [-0.39, 0.29) is 0 Å². The Labute approximate surface area is 156 Å². The van der Waals surface area contributed by atoms with E-state index in [0.29, 0.717) is 5.75 Å². The number of phenols is 1. The zero-order valence-electron chi connectivity index (χ0n) is 15.5. The molecule has 0 saturated carbocycles. The quantitative estimate of drug-likeness (QED) is 0.519. The Morgan fingerprint density at radius 1 is 0.731 bits per heavy atom. The maximum atomic E-state index is 10.3. The molecule has 0 spiro atoms. The topological polar surface area (TPSA) is 20.2 Å². The first-order valence-electron chi connectivity index (χ1n) is 9.75. The Morgan fingerprint density at radius 2 is 1.54 bits per heavy atom. The Balaban J connectivity index is 1.90. The highest BCUT2D eigenvalue weighted by Gasteiger charge is 2.14.